The van der Waals surface area contributed by atoms with Gasteiger partial charge in [0.05, 0.1) is 42.5 Å². The standard InChI is InChI=1S/C31H31Cl2FN2O6/c1-4-30(40,25-15-42-16-35-25)20-13-23-26(24(34)14-20)31(41-3,19-7-11-22(33)12-8-19)36(28(23)37)27(17(2)29(38)39)18-5-9-21(32)10-6-18/h5-14,17,25,27,35,40H,4,15-16H2,1-3H3,(H,38,39)/t17-,25?,27-,30-,31+/m0/s1. The van der Waals surface area contributed by atoms with E-state index in [0.717, 1.165) is 0 Å². The summed E-state index contributed by atoms with van der Waals surface area (Å²) >= 11 is 12.3. The lowest BCUT2D eigenvalue weighted by atomic mass is 9.81. The molecular weight excluding hydrogens is 586 g/mol. The molecule has 3 aromatic carbocycles. The van der Waals surface area contributed by atoms with Crippen LogP contribution in [0.4, 0.5) is 4.39 Å². The first-order valence-corrected chi connectivity index (χ1v) is 14.3. The molecule has 2 heterocycles. The third kappa shape index (κ3) is 4.78. The van der Waals surface area contributed by atoms with E-state index in [1.165, 1.54) is 31.1 Å². The summed E-state index contributed by atoms with van der Waals surface area (Å²) < 4.78 is 28.1. The highest BCUT2D eigenvalue weighted by atomic mass is 35.5. The Morgan fingerprint density at radius 3 is 2.33 bits per heavy atom. The molecule has 1 amide bonds. The molecule has 2 aliphatic rings. The average molecular weight is 618 g/mol. The van der Waals surface area contributed by atoms with E-state index in [9.17, 15) is 19.8 Å². The highest BCUT2D eigenvalue weighted by Crippen LogP contribution is 2.52. The van der Waals surface area contributed by atoms with Crippen molar-refractivity contribution in [2.75, 3.05) is 20.4 Å². The van der Waals surface area contributed by atoms with Gasteiger partial charge in [-0.05, 0) is 60.9 Å². The predicted molar refractivity (Wildman–Crippen MR) is 155 cm³/mol. The smallest absolute Gasteiger partial charge is 0.308 e. The number of amides is 1. The number of carbonyl (C=O) groups excluding carboxylic acids is 1. The van der Waals surface area contributed by atoms with Crippen LogP contribution in [-0.2, 0) is 25.6 Å². The van der Waals surface area contributed by atoms with Gasteiger partial charge in [-0.1, -0.05) is 54.4 Å². The van der Waals surface area contributed by atoms with E-state index in [0.29, 0.717) is 21.2 Å². The monoisotopic (exact) mass is 616 g/mol. The molecule has 222 valence electrons. The minimum atomic E-state index is -1.88. The van der Waals surface area contributed by atoms with Gasteiger partial charge in [-0.2, -0.15) is 0 Å². The molecule has 5 rings (SSSR count). The number of nitrogens with one attached hydrogen (secondary N) is 1. The van der Waals surface area contributed by atoms with Crippen molar-refractivity contribution in [3.8, 4) is 0 Å². The number of hydrogen-bond donors (Lipinski definition) is 3. The topological polar surface area (TPSA) is 108 Å². The summed E-state index contributed by atoms with van der Waals surface area (Å²) in [5, 5.41) is 25.8. The van der Waals surface area contributed by atoms with Crippen molar-refractivity contribution in [2.45, 2.75) is 43.7 Å². The van der Waals surface area contributed by atoms with Crippen molar-refractivity contribution in [1.29, 1.82) is 0 Å². The van der Waals surface area contributed by atoms with Gasteiger partial charge in [0.2, 0.25) is 0 Å². The van der Waals surface area contributed by atoms with E-state index in [2.05, 4.69) is 5.32 Å². The molecule has 0 radical (unpaired) electrons. The quantitative estimate of drug-likeness (QED) is 0.294. The number of methoxy groups -OCH3 is 1. The molecule has 1 saturated heterocycles. The van der Waals surface area contributed by atoms with Gasteiger partial charge in [-0.15, -0.1) is 0 Å². The Kier molecular flexibility index (Phi) is 8.37. The largest absolute Gasteiger partial charge is 0.481 e. The Bertz CT molecular complexity index is 1500. The predicted octanol–water partition coefficient (Wildman–Crippen LogP) is 5.44. The first kappa shape index (κ1) is 30.4. The fourth-order valence-corrected chi connectivity index (χ4v) is 6.42. The summed E-state index contributed by atoms with van der Waals surface area (Å²) in [5.41, 5.74) is -2.57. The Morgan fingerprint density at radius 1 is 1.19 bits per heavy atom. The van der Waals surface area contributed by atoms with E-state index in [-0.39, 0.29) is 36.4 Å². The number of aliphatic carboxylic acids is 1. The van der Waals surface area contributed by atoms with Crippen molar-refractivity contribution >= 4 is 35.1 Å². The molecule has 0 spiro atoms. The van der Waals surface area contributed by atoms with E-state index in [1.54, 1.807) is 55.5 Å². The lowest BCUT2D eigenvalue weighted by molar-refractivity contribution is -0.149. The summed E-state index contributed by atoms with van der Waals surface area (Å²) in [5.74, 6) is -3.78. The van der Waals surface area contributed by atoms with E-state index in [4.69, 9.17) is 32.7 Å². The van der Waals surface area contributed by atoms with Gasteiger partial charge in [0.1, 0.15) is 11.4 Å². The van der Waals surface area contributed by atoms with Gasteiger partial charge in [0.25, 0.3) is 5.91 Å². The lowest BCUT2D eigenvalue weighted by Gasteiger charge is -2.44. The van der Waals surface area contributed by atoms with Crippen LogP contribution >= 0.6 is 23.2 Å². The Balaban J connectivity index is 1.81. The van der Waals surface area contributed by atoms with Crippen molar-refractivity contribution in [3.05, 3.63) is 104 Å². The number of benzene rings is 3. The van der Waals surface area contributed by atoms with Crippen LogP contribution in [0, 0.1) is 11.7 Å². The second-order valence-electron chi connectivity index (χ2n) is 10.6. The summed E-state index contributed by atoms with van der Waals surface area (Å²) in [4.78, 5) is 28.3. The normalized spacial score (nSPS) is 23.0. The molecule has 0 bridgehead atoms. The molecule has 8 nitrogen and oxygen atoms in total. The summed E-state index contributed by atoms with van der Waals surface area (Å²) in [6.07, 6.45) is 0.209. The van der Waals surface area contributed by atoms with E-state index in [1.807, 2.05) is 0 Å². The first-order chi connectivity index (χ1) is 20.0. The average Bonchev–Trinajstić information content (AvgIpc) is 3.61. The molecule has 0 saturated carbocycles. The Labute approximate surface area is 252 Å². The second-order valence-corrected chi connectivity index (χ2v) is 11.5. The molecule has 42 heavy (non-hydrogen) atoms. The highest BCUT2D eigenvalue weighted by molar-refractivity contribution is 6.30. The van der Waals surface area contributed by atoms with E-state index >= 15 is 4.39 Å². The van der Waals surface area contributed by atoms with Crippen molar-refractivity contribution < 1.29 is 33.7 Å². The van der Waals surface area contributed by atoms with Crippen LogP contribution < -0.4 is 5.32 Å². The van der Waals surface area contributed by atoms with Crippen molar-refractivity contribution in [1.82, 2.24) is 10.2 Å². The fourth-order valence-electron chi connectivity index (χ4n) is 6.17. The van der Waals surface area contributed by atoms with Crippen LogP contribution in [-0.4, -0.2) is 53.5 Å². The second kappa shape index (κ2) is 11.6. The van der Waals surface area contributed by atoms with Crippen molar-refractivity contribution in [3.63, 3.8) is 0 Å². The molecule has 1 unspecified atom stereocenters. The number of ether oxygens (including phenoxy) is 2. The molecule has 3 N–H and O–H groups in total. The first-order valence-electron chi connectivity index (χ1n) is 13.5. The maximum atomic E-state index is 16.6. The summed E-state index contributed by atoms with van der Waals surface area (Å²) in [6.45, 7) is 3.66. The Hall–Kier alpha value is -3.05. The van der Waals surface area contributed by atoms with Crippen LogP contribution in [0.3, 0.4) is 0 Å². The minimum absolute atomic E-state index is 0.0517. The lowest BCUT2D eigenvalue weighted by Crippen LogP contribution is -2.51. The molecule has 0 aromatic heterocycles. The minimum Gasteiger partial charge on any atom is -0.481 e. The fraction of sp³-hybridized carbons (Fsp3) is 0.355. The molecule has 2 aliphatic heterocycles. The molecule has 5 atom stereocenters. The molecule has 0 aliphatic carbocycles. The van der Waals surface area contributed by atoms with Crippen LogP contribution in [0.25, 0.3) is 0 Å². The van der Waals surface area contributed by atoms with Gasteiger partial charge < -0.3 is 19.7 Å². The van der Waals surface area contributed by atoms with Crippen LogP contribution in [0.1, 0.15) is 58.9 Å². The number of nitrogens with zero attached hydrogens (tertiary/aromatic N) is 1. The molecular formula is C31H31Cl2FN2O6. The van der Waals surface area contributed by atoms with Crippen LogP contribution in [0.5, 0.6) is 0 Å². The maximum Gasteiger partial charge on any atom is 0.308 e. The number of carboxylic acid groups (broad SMARTS) is 1. The van der Waals surface area contributed by atoms with Gasteiger partial charge in [-0.25, -0.2) is 4.39 Å². The van der Waals surface area contributed by atoms with Gasteiger partial charge in [0, 0.05) is 22.7 Å². The Morgan fingerprint density at radius 2 is 1.81 bits per heavy atom. The van der Waals surface area contributed by atoms with Gasteiger partial charge in [-0.3, -0.25) is 19.8 Å². The zero-order valence-electron chi connectivity index (χ0n) is 23.2. The van der Waals surface area contributed by atoms with Gasteiger partial charge in [0.15, 0.2) is 5.72 Å². The number of fused-ring (bicyclic) bond motifs is 1. The highest BCUT2D eigenvalue weighted by Gasteiger charge is 2.58. The van der Waals surface area contributed by atoms with Gasteiger partial charge >= 0.3 is 5.97 Å². The molecule has 3 aromatic rings. The number of hydrogen-bond acceptors (Lipinski definition) is 6. The number of rotatable bonds is 9. The maximum absolute atomic E-state index is 16.6. The summed E-state index contributed by atoms with van der Waals surface area (Å²) in [7, 11) is 1.34. The number of aliphatic hydroxyl groups is 1. The molecule has 11 heteroatoms. The van der Waals surface area contributed by atoms with E-state index < -0.39 is 47.0 Å². The third-order valence-electron chi connectivity index (χ3n) is 8.43. The van der Waals surface area contributed by atoms with Crippen LogP contribution in [0.15, 0.2) is 60.7 Å². The number of carboxylic acids is 1. The summed E-state index contributed by atoms with van der Waals surface area (Å²) in [6, 6.07) is 13.9. The third-order valence-corrected chi connectivity index (χ3v) is 8.94. The van der Waals surface area contributed by atoms with Crippen LogP contribution in [0.2, 0.25) is 10.0 Å². The SMILES string of the molecule is CC[C@](O)(c1cc(F)c2c(c1)C(=O)N([C@H](c1ccc(Cl)cc1)[C@H](C)C(=O)O)[C@@]2(OC)c1ccc(Cl)cc1)C1COCN1. The number of carbonyl (C=O) groups is 2. The number of halogens is 3. The van der Waals surface area contributed by atoms with Crippen molar-refractivity contribution in [2.24, 2.45) is 5.92 Å². The zero-order valence-corrected chi connectivity index (χ0v) is 24.7. The molecule has 1 fully saturated rings. The zero-order chi connectivity index (χ0) is 30.4.